The molecule has 1 aromatic carbocycles. The Kier molecular flexibility index (Phi) is 2.90. The molecule has 0 aromatic heterocycles. The van der Waals surface area contributed by atoms with Gasteiger partial charge in [0.05, 0.1) is 19.1 Å². The standard InChI is InChI=1S/C12H12O4/c1-15-12(14)7-8-6-10(13)9-4-2-3-5-11(9)16-8/h2-5,8H,6-7H2,1H3. The molecule has 0 saturated carbocycles. The summed E-state index contributed by atoms with van der Waals surface area (Å²) in [4.78, 5) is 22.8. The SMILES string of the molecule is COC(=O)CC1CC(=O)c2ccccc2O1. The van der Waals surface area contributed by atoms with Gasteiger partial charge in [-0.3, -0.25) is 9.59 Å². The predicted octanol–water partition coefficient (Wildman–Crippen LogP) is 1.58. The summed E-state index contributed by atoms with van der Waals surface area (Å²) in [6.07, 6.45) is -0.0715. The second-order valence-electron chi connectivity index (χ2n) is 3.64. The van der Waals surface area contributed by atoms with E-state index in [0.29, 0.717) is 11.3 Å². The highest BCUT2D eigenvalue weighted by molar-refractivity contribution is 6.00. The monoisotopic (exact) mass is 220 g/mol. The number of carbonyl (C=O) groups excluding carboxylic acids is 2. The van der Waals surface area contributed by atoms with Gasteiger partial charge in [0.2, 0.25) is 0 Å². The normalized spacial score (nSPS) is 18.6. The fraction of sp³-hybridized carbons (Fsp3) is 0.333. The molecule has 0 saturated heterocycles. The van der Waals surface area contributed by atoms with E-state index < -0.39 is 6.10 Å². The van der Waals surface area contributed by atoms with Gasteiger partial charge in [-0.25, -0.2) is 0 Å². The van der Waals surface area contributed by atoms with Gasteiger partial charge in [0, 0.05) is 6.42 Å². The molecule has 1 aliphatic rings. The number of rotatable bonds is 2. The van der Waals surface area contributed by atoms with Gasteiger partial charge in [0.25, 0.3) is 0 Å². The first-order valence-corrected chi connectivity index (χ1v) is 5.06. The highest BCUT2D eigenvalue weighted by atomic mass is 16.5. The maximum atomic E-state index is 11.7. The van der Waals surface area contributed by atoms with Crippen molar-refractivity contribution in [2.75, 3.05) is 7.11 Å². The number of Topliss-reactive ketones (excluding diaryl/α,β-unsaturated/α-hetero) is 1. The zero-order valence-corrected chi connectivity index (χ0v) is 8.93. The molecule has 0 N–H and O–H groups in total. The Hall–Kier alpha value is -1.84. The Bertz CT molecular complexity index is 425. The van der Waals surface area contributed by atoms with Gasteiger partial charge in [0.15, 0.2) is 5.78 Å². The number of methoxy groups -OCH3 is 1. The van der Waals surface area contributed by atoms with Crippen LogP contribution in [0.4, 0.5) is 0 Å². The number of para-hydroxylation sites is 1. The van der Waals surface area contributed by atoms with Crippen molar-refractivity contribution >= 4 is 11.8 Å². The van der Waals surface area contributed by atoms with Crippen LogP contribution in [-0.4, -0.2) is 25.0 Å². The smallest absolute Gasteiger partial charge is 0.309 e. The molecule has 16 heavy (non-hydrogen) atoms. The molecule has 0 spiro atoms. The molecule has 1 unspecified atom stereocenters. The van der Waals surface area contributed by atoms with Crippen molar-refractivity contribution in [3.8, 4) is 5.75 Å². The average Bonchev–Trinajstić information content (AvgIpc) is 2.29. The number of fused-ring (bicyclic) bond motifs is 1. The van der Waals surface area contributed by atoms with Crippen LogP contribution in [-0.2, 0) is 9.53 Å². The molecule has 2 rings (SSSR count). The second kappa shape index (κ2) is 4.35. The summed E-state index contributed by atoms with van der Waals surface area (Å²) in [5.41, 5.74) is 0.587. The largest absolute Gasteiger partial charge is 0.489 e. The van der Waals surface area contributed by atoms with E-state index in [0.717, 1.165) is 0 Å². The minimum atomic E-state index is -0.408. The molecule has 0 radical (unpaired) electrons. The number of hydrogen-bond donors (Lipinski definition) is 0. The van der Waals surface area contributed by atoms with Crippen LogP contribution >= 0.6 is 0 Å². The number of ether oxygens (including phenoxy) is 2. The summed E-state index contributed by atoms with van der Waals surface area (Å²) in [6.45, 7) is 0. The molecule has 84 valence electrons. The lowest BCUT2D eigenvalue weighted by atomic mass is 9.99. The van der Waals surface area contributed by atoms with Crippen LogP contribution in [0.2, 0.25) is 0 Å². The van der Waals surface area contributed by atoms with Crippen LogP contribution in [0.3, 0.4) is 0 Å². The molecule has 0 aliphatic carbocycles. The second-order valence-corrected chi connectivity index (χ2v) is 3.64. The molecule has 0 fully saturated rings. The van der Waals surface area contributed by atoms with Crippen molar-refractivity contribution in [2.45, 2.75) is 18.9 Å². The third kappa shape index (κ3) is 2.05. The quantitative estimate of drug-likeness (QED) is 0.710. The maximum absolute atomic E-state index is 11.7. The van der Waals surface area contributed by atoms with Gasteiger partial charge in [-0.15, -0.1) is 0 Å². The third-order valence-electron chi connectivity index (χ3n) is 2.52. The average molecular weight is 220 g/mol. The molecule has 4 nitrogen and oxygen atoms in total. The number of hydrogen-bond acceptors (Lipinski definition) is 4. The molecule has 0 bridgehead atoms. The molecule has 4 heteroatoms. The van der Waals surface area contributed by atoms with Gasteiger partial charge in [-0.05, 0) is 12.1 Å². The van der Waals surface area contributed by atoms with Gasteiger partial charge in [0.1, 0.15) is 11.9 Å². The maximum Gasteiger partial charge on any atom is 0.309 e. The Morgan fingerprint density at radius 1 is 1.50 bits per heavy atom. The molecular formula is C12H12O4. The van der Waals surface area contributed by atoms with Crippen LogP contribution in [0, 0.1) is 0 Å². The minimum Gasteiger partial charge on any atom is -0.489 e. The van der Waals surface area contributed by atoms with E-state index in [9.17, 15) is 9.59 Å². The van der Waals surface area contributed by atoms with E-state index in [4.69, 9.17) is 4.74 Å². The fourth-order valence-electron chi connectivity index (χ4n) is 1.72. The zero-order valence-electron chi connectivity index (χ0n) is 8.93. The van der Waals surface area contributed by atoms with Crippen LogP contribution < -0.4 is 4.74 Å². The van der Waals surface area contributed by atoms with E-state index >= 15 is 0 Å². The minimum absolute atomic E-state index is 0.00996. The highest BCUT2D eigenvalue weighted by Gasteiger charge is 2.27. The summed E-state index contributed by atoms with van der Waals surface area (Å²) >= 11 is 0. The highest BCUT2D eigenvalue weighted by Crippen LogP contribution is 2.28. The first kappa shape index (κ1) is 10.7. The number of esters is 1. The lowest BCUT2D eigenvalue weighted by Crippen LogP contribution is -2.29. The first-order valence-electron chi connectivity index (χ1n) is 5.06. The van der Waals surface area contributed by atoms with E-state index in [1.165, 1.54) is 7.11 Å². The van der Waals surface area contributed by atoms with Gasteiger partial charge >= 0.3 is 5.97 Å². The summed E-state index contributed by atoms with van der Waals surface area (Å²) in [6, 6.07) is 7.05. The Balaban J connectivity index is 2.15. The van der Waals surface area contributed by atoms with Crippen molar-refractivity contribution in [3.05, 3.63) is 29.8 Å². The van der Waals surface area contributed by atoms with Crippen molar-refractivity contribution in [1.82, 2.24) is 0 Å². The number of ketones is 1. The predicted molar refractivity (Wildman–Crippen MR) is 56.4 cm³/mol. The van der Waals surface area contributed by atoms with Crippen LogP contribution in [0.1, 0.15) is 23.2 Å². The van der Waals surface area contributed by atoms with Crippen molar-refractivity contribution < 1.29 is 19.1 Å². The van der Waals surface area contributed by atoms with E-state index in [-0.39, 0.29) is 24.6 Å². The Labute approximate surface area is 93.2 Å². The van der Waals surface area contributed by atoms with Crippen LogP contribution in [0.5, 0.6) is 5.75 Å². The molecule has 0 amide bonds. The lowest BCUT2D eigenvalue weighted by molar-refractivity contribution is -0.142. The van der Waals surface area contributed by atoms with E-state index in [2.05, 4.69) is 4.74 Å². The summed E-state index contributed by atoms with van der Waals surface area (Å²) in [5.74, 6) is 0.195. The summed E-state index contributed by atoms with van der Waals surface area (Å²) < 4.78 is 10.1. The van der Waals surface area contributed by atoms with Crippen LogP contribution in [0.15, 0.2) is 24.3 Å². The Morgan fingerprint density at radius 3 is 3.00 bits per heavy atom. The molecule has 1 aliphatic heterocycles. The summed E-state index contributed by atoms with van der Waals surface area (Å²) in [5, 5.41) is 0. The van der Waals surface area contributed by atoms with Gasteiger partial charge in [-0.2, -0.15) is 0 Å². The Morgan fingerprint density at radius 2 is 2.25 bits per heavy atom. The fourth-order valence-corrected chi connectivity index (χ4v) is 1.72. The number of benzene rings is 1. The first-order chi connectivity index (χ1) is 7.70. The zero-order chi connectivity index (χ0) is 11.5. The number of carbonyl (C=O) groups is 2. The van der Waals surface area contributed by atoms with Crippen molar-refractivity contribution in [2.24, 2.45) is 0 Å². The van der Waals surface area contributed by atoms with E-state index in [1.807, 2.05) is 0 Å². The topological polar surface area (TPSA) is 52.6 Å². The van der Waals surface area contributed by atoms with Crippen molar-refractivity contribution in [1.29, 1.82) is 0 Å². The summed E-state index contributed by atoms with van der Waals surface area (Å²) in [7, 11) is 1.32. The molecular weight excluding hydrogens is 208 g/mol. The molecule has 1 aromatic rings. The van der Waals surface area contributed by atoms with E-state index in [1.54, 1.807) is 24.3 Å². The lowest BCUT2D eigenvalue weighted by Gasteiger charge is -2.24. The third-order valence-corrected chi connectivity index (χ3v) is 2.52. The van der Waals surface area contributed by atoms with Crippen LogP contribution in [0.25, 0.3) is 0 Å². The molecule has 1 heterocycles. The molecule has 1 atom stereocenters. The van der Waals surface area contributed by atoms with Gasteiger partial charge in [-0.1, -0.05) is 12.1 Å². The van der Waals surface area contributed by atoms with Gasteiger partial charge < -0.3 is 9.47 Å². The van der Waals surface area contributed by atoms with Crippen molar-refractivity contribution in [3.63, 3.8) is 0 Å².